The highest BCUT2D eigenvalue weighted by Gasteiger charge is 2.42. The number of nitrogens with zero attached hydrogens (tertiary/aromatic N) is 1. The molecule has 0 amide bonds. The molecular formula is C12H13ClN2. The maximum Gasteiger partial charge on any atom is 0.125 e. The number of halogens is 1. The fraction of sp³-hybridized carbons (Fsp3) is 0.417. The topological polar surface area (TPSA) is 35.8 Å². The van der Waals surface area contributed by atoms with Crippen molar-refractivity contribution in [2.24, 2.45) is 5.92 Å². The second-order valence-corrected chi connectivity index (χ2v) is 4.78. The molecule has 1 aromatic rings. The van der Waals surface area contributed by atoms with Crippen LogP contribution in [-0.2, 0) is 0 Å². The molecule has 0 saturated heterocycles. The Bertz CT molecular complexity index is 402. The van der Waals surface area contributed by atoms with E-state index in [1.54, 1.807) is 0 Å². The van der Waals surface area contributed by atoms with Gasteiger partial charge in [0.15, 0.2) is 0 Å². The van der Waals surface area contributed by atoms with E-state index < -0.39 is 0 Å². The standard InChI is InChI=1S/C12H13ClN2/c1-9-6-12(7-9,8-14)15-11-4-2-3-10(13)5-11/h2-5,9,15H,6-7H2,1H3. The molecule has 3 heteroatoms. The average molecular weight is 221 g/mol. The molecule has 2 rings (SSSR count). The lowest BCUT2D eigenvalue weighted by molar-refractivity contribution is 0.244. The first-order valence-electron chi connectivity index (χ1n) is 5.08. The van der Waals surface area contributed by atoms with Gasteiger partial charge in [-0.25, -0.2) is 0 Å². The molecule has 1 N–H and O–H groups in total. The van der Waals surface area contributed by atoms with Crippen LogP contribution in [0.4, 0.5) is 5.69 Å². The van der Waals surface area contributed by atoms with Crippen LogP contribution in [0.25, 0.3) is 0 Å². The molecule has 1 aliphatic rings. The van der Waals surface area contributed by atoms with Crippen LogP contribution < -0.4 is 5.32 Å². The molecule has 1 aliphatic carbocycles. The third-order valence-corrected chi connectivity index (χ3v) is 3.05. The molecule has 78 valence electrons. The number of anilines is 1. The van der Waals surface area contributed by atoms with E-state index in [-0.39, 0.29) is 5.54 Å². The molecule has 0 radical (unpaired) electrons. The molecule has 15 heavy (non-hydrogen) atoms. The summed E-state index contributed by atoms with van der Waals surface area (Å²) in [5.41, 5.74) is 0.556. The first kappa shape index (κ1) is 10.3. The SMILES string of the molecule is CC1CC(C#N)(Nc2cccc(Cl)c2)C1. The minimum atomic E-state index is -0.371. The van der Waals surface area contributed by atoms with Crippen molar-refractivity contribution in [3.8, 4) is 6.07 Å². The van der Waals surface area contributed by atoms with Gasteiger partial charge in [-0.1, -0.05) is 24.6 Å². The highest BCUT2D eigenvalue weighted by atomic mass is 35.5. The van der Waals surface area contributed by atoms with Crippen molar-refractivity contribution in [1.82, 2.24) is 0 Å². The van der Waals surface area contributed by atoms with Crippen molar-refractivity contribution in [2.45, 2.75) is 25.3 Å². The van der Waals surface area contributed by atoms with Gasteiger partial charge in [0.05, 0.1) is 6.07 Å². The van der Waals surface area contributed by atoms with Crippen LogP contribution in [0.1, 0.15) is 19.8 Å². The summed E-state index contributed by atoms with van der Waals surface area (Å²) in [6, 6.07) is 9.86. The summed E-state index contributed by atoms with van der Waals surface area (Å²) in [5.74, 6) is 0.635. The minimum Gasteiger partial charge on any atom is -0.367 e. The van der Waals surface area contributed by atoms with Crippen LogP contribution in [0.5, 0.6) is 0 Å². The Labute approximate surface area is 94.9 Å². The normalized spacial score (nSPS) is 29.0. The summed E-state index contributed by atoms with van der Waals surface area (Å²) in [7, 11) is 0. The van der Waals surface area contributed by atoms with Gasteiger partial charge in [-0.2, -0.15) is 5.26 Å². The van der Waals surface area contributed by atoms with Gasteiger partial charge in [0.25, 0.3) is 0 Å². The molecule has 0 spiro atoms. The molecule has 0 atom stereocenters. The lowest BCUT2D eigenvalue weighted by Gasteiger charge is -2.42. The van der Waals surface area contributed by atoms with Crippen LogP contribution in [0, 0.1) is 17.2 Å². The second kappa shape index (κ2) is 3.75. The number of benzene rings is 1. The van der Waals surface area contributed by atoms with Gasteiger partial charge in [0.2, 0.25) is 0 Å². The average Bonchev–Trinajstić information content (AvgIpc) is 2.15. The van der Waals surface area contributed by atoms with Gasteiger partial charge in [-0.15, -0.1) is 0 Å². The van der Waals surface area contributed by atoms with E-state index >= 15 is 0 Å². The zero-order chi connectivity index (χ0) is 10.9. The molecule has 0 aromatic heterocycles. The molecule has 2 nitrogen and oxygen atoms in total. The summed E-state index contributed by atoms with van der Waals surface area (Å²) >= 11 is 5.88. The van der Waals surface area contributed by atoms with Crippen LogP contribution >= 0.6 is 11.6 Å². The van der Waals surface area contributed by atoms with Gasteiger partial charge >= 0.3 is 0 Å². The number of nitrogens with one attached hydrogen (secondary N) is 1. The summed E-state index contributed by atoms with van der Waals surface area (Å²) in [6.45, 7) is 2.16. The predicted molar refractivity (Wildman–Crippen MR) is 61.8 cm³/mol. The second-order valence-electron chi connectivity index (χ2n) is 4.34. The predicted octanol–water partition coefficient (Wildman–Crippen LogP) is 3.44. The molecule has 0 heterocycles. The van der Waals surface area contributed by atoms with E-state index in [0.29, 0.717) is 10.9 Å². The molecule has 1 saturated carbocycles. The Hall–Kier alpha value is -1.20. The lowest BCUT2D eigenvalue weighted by Crippen LogP contribution is -2.48. The van der Waals surface area contributed by atoms with Crippen LogP contribution in [-0.4, -0.2) is 5.54 Å². The van der Waals surface area contributed by atoms with Crippen LogP contribution in [0.3, 0.4) is 0 Å². The van der Waals surface area contributed by atoms with Crippen molar-refractivity contribution in [3.63, 3.8) is 0 Å². The Balaban J connectivity index is 2.12. The number of nitriles is 1. The Kier molecular flexibility index (Phi) is 2.58. The van der Waals surface area contributed by atoms with Crippen molar-refractivity contribution >= 4 is 17.3 Å². The zero-order valence-electron chi connectivity index (χ0n) is 8.63. The van der Waals surface area contributed by atoms with E-state index in [1.165, 1.54) is 0 Å². The number of rotatable bonds is 2. The highest BCUT2D eigenvalue weighted by molar-refractivity contribution is 6.30. The summed E-state index contributed by atoms with van der Waals surface area (Å²) in [4.78, 5) is 0. The van der Waals surface area contributed by atoms with Crippen molar-refractivity contribution < 1.29 is 0 Å². The quantitative estimate of drug-likeness (QED) is 0.829. The zero-order valence-corrected chi connectivity index (χ0v) is 9.38. The molecule has 0 bridgehead atoms. The van der Waals surface area contributed by atoms with Gasteiger partial charge in [0, 0.05) is 10.7 Å². The smallest absolute Gasteiger partial charge is 0.125 e. The maximum absolute atomic E-state index is 9.14. The minimum absolute atomic E-state index is 0.371. The molecule has 0 unspecified atom stereocenters. The Morgan fingerprint density at radius 1 is 1.53 bits per heavy atom. The van der Waals surface area contributed by atoms with Crippen LogP contribution in [0.2, 0.25) is 5.02 Å². The van der Waals surface area contributed by atoms with Gasteiger partial charge in [-0.3, -0.25) is 0 Å². The lowest BCUT2D eigenvalue weighted by atomic mass is 9.70. The van der Waals surface area contributed by atoms with Gasteiger partial charge in [-0.05, 0) is 37.0 Å². The first-order valence-corrected chi connectivity index (χ1v) is 5.46. The van der Waals surface area contributed by atoms with E-state index in [4.69, 9.17) is 16.9 Å². The fourth-order valence-corrected chi connectivity index (χ4v) is 2.38. The van der Waals surface area contributed by atoms with E-state index in [9.17, 15) is 0 Å². The third-order valence-electron chi connectivity index (χ3n) is 2.82. The monoisotopic (exact) mass is 220 g/mol. The fourth-order valence-electron chi connectivity index (χ4n) is 2.19. The summed E-state index contributed by atoms with van der Waals surface area (Å²) in [5, 5.41) is 13.1. The Morgan fingerprint density at radius 2 is 2.27 bits per heavy atom. The Morgan fingerprint density at radius 3 is 2.80 bits per heavy atom. The number of hydrogen-bond donors (Lipinski definition) is 1. The molecule has 1 fully saturated rings. The molecular weight excluding hydrogens is 208 g/mol. The van der Waals surface area contributed by atoms with Crippen LogP contribution in [0.15, 0.2) is 24.3 Å². The van der Waals surface area contributed by atoms with Gasteiger partial charge < -0.3 is 5.32 Å². The highest BCUT2D eigenvalue weighted by Crippen LogP contribution is 2.39. The summed E-state index contributed by atoms with van der Waals surface area (Å²) < 4.78 is 0. The van der Waals surface area contributed by atoms with Crippen molar-refractivity contribution in [3.05, 3.63) is 29.3 Å². The largest absolute Gasteiger partial charge is 0.367 e. The first-order chi connectivity index (χ1) is 7.13. The van der Waals surface area contributed by atoms with Gasteiger partial charge in [0.1, 0.15) is 5.54 Å². The third kappa shape index (κ3) is 2.08. The van der Waals surface area contributed by atoms with E-state index in [0.717, 1.165) is 18.5 Å². The van der Waals surface area contributed by atoms with E-state index in [2.05, 4.69) is 18.3 Å². The van der Waals surface area contributed by atoms with Crippen molar-refractivity contribution in [1.29, 1.82) is 5.26 Å². The molecule has 0 aliphatic heterocycles. The molecule has 1 aromatic carbocycles. The number of hydrogen-bond acceptors (Lipinski definition) is 2. The maximum atomic E-state index is 9.14. The summed E-state index contributed by atoms with van der Waals surface area (Å²) in [6.07, 6.45) is 1.83. The van der Waals surface area contributed by atoms with Crippen molar-refractivity contribution in [2.75, 3.05) is 5.32 Å². The van der Waals surface area contributed by atoms with E-state index in [1.807, 2.05) is 24.3 Å².